The van der Waals surface area contributed by atoms with E-state index in [1.165, 1.54) is 12.1 Å². The third-order valence-corrected chi connectivity index (χ3v) is 6.04. The number of benzene rings is 1. The first-order valence-electron chi connectivity index (χ1n) is 10.2. The van der Waals surface area contributed by atoms with Gasteiger partial charge in [-0.3, -0.25) is 4.79 Å². The van der Waals surface area contributed by atoms with E-state index in [1.807, 2.05) is 29.1 Å². The number of pyridine rings is 1. The van der Waals surface area contributed by atoms with Crippen LogP contribution < -0.4 is 0 Å². The summed E-state index contributed by atoms with van der Waals surface area (Å²) >= 11 is 0. The fourth-order valence-corrected chi connectivity index (χ4v) is 4.67. The highest BCUT2D eigenvalue weighted by atomic mass is 19.1. The maximum atomic E-state index is 14.2. The van der Waals surface area contributed by atoms with Gasteiger partial charge in [0.25, 0.3) is 0 Å². The van der Waals surface area contributed by atoms with Gasteiger partial charge in [-0.15, -0.1) is 5.10 Å². The quantitative estimate of drug-likeness (QED) is 0.532. The topological polar surface area (TPSA) is 72.4 Å². The van der Waals surface area contributed by atoms with E-state index in [2.05, 4.69) is 14.7 Å². The first-order chi connectivity index (χ1) is 15.0. The fraction of sp³-hybridized carbons (Fsp3) is 0.261. The molecule has 0 fully saturated rings. The normalized spacial score (nSPS) is 15.9. The summed E-state index contributed by atoms with van der Waals surface area (Å²) in [5, 5.41) is 17.7. The lowest BCUT2D eigenvalue weighted by Crippen LogP contribution is -2.22. The average Bonchev–Trinajstić information content (AvgIpc) is 3.33. The van der Waals surface area contributed by atoms with Crippen LogP contribution in [-0.4, -0.2) is 30.5 Å². The Hall–Kier alpha value is -3.55. The number of carbonyl (C=O) groups is 1. The molecule has 0 radical (unpaired) electrons. The predicted molar refractivity (Wildman–Crippen MR) is 109 cm³/mol. The molecule has 6 nitrogen and oxygen atoms in total. The summed E-state index contributed by atoms with van der Waals surface area (Å²) in [6.45, 7) is 0. The van der Waals surface area contributed by atoms with Crippen molar-refractivity contribution in [2.45, 2.75) is 38.1 Å². The average molecular weight is 422 g/mol. The van der Waals surface area contributed by atoms with Crippen LogP contribution in [0.25, 0.3) is 5.52 Å². The third kappa shape index (κ3) is 3.48. The van der Waals surface area contributed by atoms with Crippen molar-refractivity contribution in [1.29, 1.82) is 0 Å². The third-order valence-electron chi connectivity index (χ3n) is 6.04. The van der Waals surface area contributed by atoms with Gasteiger partial charge in [0.1, 0.15) is 11.6 Å². The van der Waals surface area contributed by atoms with E-state index < -0.39 is 17.6 Å². The van der Waals surface area contributed by atoms with Gasteiger partial charge in [0.2, 0.25) is 0 Å². The molecule has 1 N–H and O–H groups in total. The number of nitrogens with zero attached hydrogens (tertiary/aromatic N) is 4. The maximum absolute atomic E-state index is 14.2. The summed E-state index contributed by atoms with van der Waals surface area (Å²) in [6.07, 6.45) is 6.01. The summed E-state index contributed by atoms with van der Waals surface area (Å²) in [6, 6.07) is 9.38. The van der Waals surface area contributed by atoms with Crippen LogP contribution in [0, 0.1) is 11.6 Å². The highest BCUT2D eigenvalue weighted by Gasteiger charge is 2.29. The molecule has 0 saturated heterocycles. The Labute approximate surface area is 176 Å². The molecular weight excluding hydrogens is 402 g/mol. The molecule has 1 aromatic carbocycles. The molecule has 4 aromatic rings. The van der Waals surface area contributed by atoms with Crippen molar-refractivity contribution in [3.8, 4) is 0 Å². The minimum absolute atomic E-state index is 0.00800. The van der Waals surface area contributed by atoms with Gasteiger partial charge in [0.05, 0.1) is 24.4 Å². The summed E-state index contributed by atoms with van der Waals surface area (Å²) in [5.41, 5.74) is 5.11. The van der Waals surface area contributed by atoms with Crippen LogP contribution in [0.4, 0.5) is 8.78 Å². The number of fused-ring (bicyclic) bond motifs is 3. The summed E-state index contributed by atoms with van der Waals surface area (Å²) < 4.78 is 31.3. The van der Waals surface area contributed by atoms with Crippen molar-refractivity contribution < 1.29 is 18.7 Å². The van der Waals surface area contributed by atoms with Crippen LogP contribution in [0.3, 0.4) is 0 Å². The largest absolute Gasteiger partial charge is 0.481 e. The zero-order valence-electron chi connectivity index (χ0n) is 16.6. The number of aromatic nitrogens is 4. The number of hydrogen-bond acceptors (Lipinski definition) is 3. The molecule has 8 heteroatoms. The number of carboxylic acids is 1. The lowest BCUT2D eigenvalue weighted by atomic mass is 9.90. The highest BCUT2D eigenvalue weighted by molar-refractivity contribution is 5.76. The summed E-state index contributed by atoms with van der Waals surface area (Å²) in [7, 11) is 0. The van der Waals surface area contributed by atoms with Gasteiger partial charge in [-0.05, 0) is 47.7 Å². The number of halogens is 2. The molecule has 1 unspecified atom stereocenters. The molecule has 1 aliphatic rings. The van der Waals surface area contributed by atoms with E-state index in [0.29, 0.717) is 12.0 Å². The monoisotopic (exact) mass is 422 g/mol. The van der Waals surface area contributed by atoms with Gasteiger partial charge in [-0.25, -0.2) is 13.5 Å². The SMILES string of the molecule is O=C(O)Cc1c2c(n3ccccc13)CC(n1nncc1Cc1ccc(F)cc1F)CC2. The number of aliphatic carboxylic acids is 1. The molecular formula is C23H20F2N4O2. The molecule has 5 rings (SSSR count). The van der Waals surface area contributed by atoms with Crippen LogP contribution in [0.2, 0.25) is 0 Å². The smallest absolute Gasteiger partial charge is 0.307 e. The molecule has 31 heavy (non-hydrogen) atoms. The van der Waals surface area contributed by atoms with E-state index in [1.54, 1.807) is 6.20 Å². The Balaban J connectivity index is 1.48. The summed E-state index contributed by atoms with van der Waals surface area (Å²) in [5.74, 6) is -2.04. The Kier molecular flexibility index (Phi) is 4.77. The standard InChI is InChI=1S/C23H20F2N4O2/c24-15-5-4-14(20(25)10-15)9-17-13-26-27-29(17)16-6-7-18-19(12-23(30)31)21-3-1-2-8-28(21)22(18)11-16/h1-5,8,10,13,16H,6-7,9,11-12H2,(H,30,31). The van der Waals surface area contributed by atoms with Crippen LogP contribution in [0.1, 0.15) is 40.5 Å². The Morgan fingerprint density at radius 2 is 2.10 bits per heavy atom. The van der Waals surface area contributed by atoms with Crippen molar-refractivity contribution >= 4 is 11.5 Å². The predicted octanol–water partition coefficient (Wildman–Crippen LogP) is 3.76. The number of hydrogen-bond donors (Lipinski definition) is 1. The van der Waals surface area contributed by atoms with Gasteiger partial charge in [-0.2, -0.15) is 0 Å². The molecule has 0 aliphatic heterocycles. The minimum Gasteiger partial charge on any atom is -0.481 e. The second-order valence-electron chi connectivity index (χ2n) is 7.91. The second kappa shape index (κ2) is 7.61. The minimum atomic E-state index is -0.846. The van der Waals surface area contributed by atoms with E-state index in [-0.39, 0.29) is 18.9 Å². The molecule has 0 saturated carbocycles. The van der Waals surface area contributed by atoms with Crippen LogP contribution in [-0.2, 0) is 30.5 Å². The van der Waals surface area contributed by atoms with Gasteiger partial charge >= 0.3 is 5.97 Å². The van der Waals surface area contributed by atoms with E-state index >= 15 is 0 Å². The van der Waals surface area contributed by atoms with Crippen molar-refractivity contribution in [3.05, 3.63) is 88.5 Å². The number of carboxylic acid groups (broad SMARTS) is 1. The summed E-state index contributed by atoms with van der Waals surface area (Å²) in [4.78, 5) is 11.4. The lowest BCUT2D eigenvalue weighted by molar-refractivity contribution is -0.136. The van der Waals surface area contributed by atoms with Gasteiger partial charge in [-0.1, -0.05) is 17.3 Å². The molecule has 0 bridgehead atoms. The Bertz CT molecular complexity index is 1290. The van der Waals surface area contributed by atoms with E-state index in [4.69, 9.17) is 0 Å². The zero-order valence-corrected chi connectivity index (χ0v) is 16.6. The Morgan fingerprint density at radius 3 is 2.90 bits per heavy atom. The second-order valence-corrected chi connectivity index (χ2v) is 7.91. The first-order valence-corrected chi connectivity index (χ1v) is 10.2. The maximum Gasteiger partial charge on any atom is 0.307 e. The molecule has 3 heterocycles. The van der Waals surface area contributed by atoms with Crippen molar-refractivity contribution in [1.82, 2.24) is 19.4 Å². The molecule has 158 valence electrons. The van der Waals surface area contributed by atoms with Crippen LogP contribution in [0.5, 0.6) is 0 Å². The lowest BCUT2D eigenvalue weighted by Gasteiger charge is -2.25. The van der Waals surface area contributed by atoms with Gasteiger partial charge in [0, 0.05) is 36.3 Å². The van der Waals surface area contributed by atoms with E-state index in [0.717, 1.165) is 46.9 Å². The zero-order chi connectivity index (χ0) is 21.5. The van der Waals surface area contributed by atoms with Gasteiger partial charge in [0.15, 0.2) is 0 Å². The Morgan fingerprint density at radius 1 is 1.23 bits per heavy atom. The van der Waals surface area contributed by atoms with Crippen LogP contribution >= 0.6 is 0 Å². The first kappa shape index (κ1) is 19.4. The van der Waals surface area contributed by atoms with E-state index in [9.17, 15) is 18.7 Å². The van der Waals surface area contributed by atoms with Crippen molar-refractivity contribution in [2.24, 2.45) is 0 Å². The molecule has 0 spiro atoms. The van der Waals surface area contributed by atoms with Crippen LogP contribution in [0.15, 0.2) is 48.8 Å². The van der Waals surface area contributed by atoms with Crippen molar-refractivity contribution in [2.75, 3.05) is 0 Å². The molecule has 1 atom stereocenters. The molecule has 3 aromatic heterocycles. The van der Waals surface area contributed by atoms with Gasteiger partial charge < -0.3 is 9.51 Å². The molecule has 0 amide bonds. The molecule has 1 aliphatic carbocycles. The number of rotatable bonds is 5. The fourth-order valence-electron chi connectivity index (χ4n) is 4.67. The van der Waals surface area contributed by atoms with Crippen molar-refractivity contribution in [3.63, 3.8) is 0 Å². The highest BCUT2D eigenvalue weighted by Crippen LogP contribution is 2.35.